The van der Waals surface area contributed by atoms with Gasteiger partial charge in [-0.3, -0.25) is 4.79 Å². The fourth-order valence-electron chi connectivity index (χ4n) is 3.38. The molecule has 1 fully saturated rings. The maximum absolute atomic E-state index is 12.7. The summed E-state index contributed by atoms with van der Waals surface area (Å²) in [4.78, 5) is 28.6. The second-order valence-corrected chi connectivity index (χ2v) is 7.15. The van der Waals surface area contributed by atoms with Crippen molar-refractivity contribution in [2.24, 2.45) is 0 Å². The maximum atomic E-state index is 12.7. The summed E-state index contributed by atoms with van der Waals surface area (Å²) in [7, 11) is 0. The molecule has 0 bridgehead atoms. The molecule has 0 saturated carbocycles. The van der Waals surface area contributed by atoms with Gasteiger partial charge in [-0.15, -0.1) is 5.10 Å². The summed E-state index contributed by atoms with van der Waals surface area (Å²) < 4.78 is 7.01. The van der Waals surface area contributed by atoms with E-state index in [1.165, 1.54) is 0 Å². The number of piperazine rings is 1. The number of hydrogen-bond donors (Lipinski definition) is 1. The number of aryl methyl sites for hydroxylation is 1. The van der Waals surface area contributed by atoms with Crippen LogP contribution in [0.3, 0.4) is 0 Å². The molecule has 0 aliphatic carbocycles. The predicted octanol–water partition coefficient (Wildman–Crippen LogP) is 1.79. The van der Waals surface area contributed by atoms with Crippen molar-refractivity contribution in [2.75, 3.05) is 26.2 Å². The largest absolute Gasteiger partial charge is 0.456 e. The van der Waals surface area contributed by atoms with Gasteiger partial charge in [0, 0.05) is 26.2 Å². The lowest BCUT2D eigenvalue weighted by molar-refractivity contribution is 0.0631. The summed E-state index contributed by atoms with van der Waals surface area (Å²) in [5.41, 5.74) is 0.818. The van der Waals surface area contributed by atoms with Crippen LogP contribution in [0.15, 0.2) is 46.9 Å². The van der Waals surface area contributed by atoms with Crippen LogP contribution < -0.4 is 5.32 Å². The van der Waals surface area contributed by atoms with E-state index in [1.54, 1.807) is 33.5 Å². The number of carbonyl (C=O) groups excluding carboxylic acids is 2. The third-order valence-corrected chi connectivity index (χ3v) is 5.03. The molecule has 156 valence electrons. The fourth-order valence-corrected chi connectivity index (χ4v) is 3.38. The van der Waals surface area contributed by atoms with Crippen LogP contribution in [0.1, 0.15) is 35.1 Å². The number of nitrogens with zero attached hydrogens (tertiary/aromatic N) is 6. The van der Waals surface area contributed by atoms with Crippen molar-refractivity contribution in [1.29, 1.82) is 0 Å². The minimum Gasteiger partial charge on any atom is -0.456 e. The van der Waals surface area contributed by atoms with Crippen molar-refractivity contribution in [2.45, 2.75) is 19.9 Å². The molecular formula is C20H23N7O3. The minimum absolute atomic E-state index is 0.154. The smallest absolute Gasteiger partial charge is 0.318 e. The lowest BCUT2D eigenvalue weighted by Gasteiger charge is -2.34. The maximum Gasteiger partial charge on any atom is 0.318 e. The van der Waals surface area contributed by atoms with E-state index in [1.807, 2.05) is 37.3 Å². The summed E-state index contributed by atoms with van der Waals surface area (Å²) in [6.45, 7) is 5.40. The summed E-state index contributed by atoms with van der Waals surface area (Å²) in [6, 6.07) is 12.3. The van der Waals surface area contributed by atoms with E-state index < -0.39 is 6.04 Å². The Kier molecular flexibility index (Phi) is 5.46. The fraction of sp³-hybridized carbons (Fsp3) is 0.350. The standard InChI is InChI=1S/C20H23N7O3/c1-14-8-9-17(30-14)19(28)25-10-12-26(13-11-25)20(29)21-15(2)18-22-23-24-27(18)16-6-4-3-5-7-16/h3-9,15H,10-13H2,1-2H3,(H,21,29). The number of para-hydroxylation sites is 1. The van der Waals surface area contributed by atoms with Gasteiger partial charge in [-0.2, -0.15) is 4.68 Å². The Morgan fingerprint density at radius 3 is 2.40 bits per heavy atom. The molecule has 1 aliphatic rings. The Morgan fingerprint density at radius 2 is 1.73 bits per heavy atom. The highest BCUT2D eigenvalue weighted by Gasteiger charge is 2.28. The van der Waals surface area contributed by atoms with Crippen molar-refractivity contribution in [3.8, 4) is 5.69 Å². The van der Waals surface area contributed by atoms with Gasteiger partial charge in [0.25, 0.3) is 5.91 Å². The molecule has 2 aromatic heterocycles. The Morgan fingerprint density at radius 1 is 1.03 bits per heavy atom. The van der Waals surface area contributed by atoms with Gasteiger partial charge in [-0.1, -0.05) is 18.2 Å². The van der Waals surface area contributed by atoms with Crippen LogP contribution in [0.5, 0.6) is 0 Å². The molecule has 3 heterocycles. The first-order chi connectivity index (χ1) is 14.5. The van der Waals surface area contributed by atoms with Crippen LogP contribution in [-0.2, 0) is 0 Å². The van der Waals surface area contributed by atoms with Crippen LogP contribution >= 0.6 is 0 Å². The van der Waals surface area contributed by atoms with Gasteiger partial charge in [0.05, 0.1) is 11.7 Å². The summed E-state index contributed by atoms with van der Waals surface area (Å²) >= 11 is 0. The first-order valence-corrected chi connectivity index (χ1v) is 9.78. The number of benzene rings is 1. The van der Waals surface area contributed by atoms with Crippen LogP contribution in [0.2, 0.25) is 0 Å². The lowest BCUT2D eigenvalue weighted by Crippen LogP contribution is -2.53. The number of rotatable bonds is 4. The second kappa shape index (κ2) is 8.36. The molecule has 10 nitrogen and oxygen atoms in total. The van der Waals surface area contributed by atoms with Gasteiger partial charge in [-0.25, -0.2) is 4.79 Å². The van der Waals surface area contributed by atoms with Gasteiger partial charge >= 0.3 is 6.03 Å². The zero-order valence-electron chi connectivity index (χ0n) is 16.9. The topological polar surface area (TPSA) is 109 Å². The lowest BCUT2D eigenvalue weighted by atomic mass is 10.2. The Balaban J connectivity index is 1.34. The van der Waals surface area contributed by atoms with Crippen molar-refractivity contribution >= 4 is 11.9 Å². The van der Waals surface area contributed by atoms with E-state index in [2.05, 4.69) is 20.8 Å². The highest BCUT2D eigenvalue weighted by Crippen LogP contribution is 2.15. The second-order valence-electron chi connectivity index (χ2n) is 7.15. The number of hydrogen-bond acceptors (Lipinski definition) is 6. The molecular weight excluding hydrogens is 386 g/mol. The summed E-state index contributed by atoms with van der Waals surface area (Å²) in [6.07, 6.45) is 0. The Bertz CT molecular complexity index is 1020. The quantitative estimate of drug-likeness (QED) is 0.704. The van der Waals surface area contributed by atoms with Gasteiger partial charge in [0.15, 0.2) is 11.6 Å². The molecule has 3 aromatic rings. The van der Waals surface area contributed by atoms with Gasteiger partial charge in [0.2, 0.25) is 0 Å². The minimum atomic E-state index is -0.390. The van der Waals surface area contributed by atoms with Crippen LogP contribution in [0.25, 0.3) is 5.69 Å². The van der Waals surface area contributed by atoms with Crippen molar-refractivity contribution < 1.29 is 14.0 Å². The zero-order valence-corrected chi connectivity index (χ0v) is 16.9. The van der Waals surface area contributed by atoms with Crippen molar-refractivity contribution in [1.82, 2.24) is 35.3 Å². The van der Waals surface area contributed by atoms with Crippen molar-refractivity contribution in [3.63, 3.8) is 0 Å². The van der Waals surface area contributed by atoms with Crippen LogP contribution in [0, 0.1) is 6.92 Å². The number of tetrazole rings is 1. The van der Waals surface area contributed by atoms with E-state index in [4.69, 9.17) is 4.42 Å². The number of aromatic nitrogens is 4. The average Bonchev–Trinajstić information content (AvgIpc) is 3.43. The normalized spacial score (nSPS) is 15.1. The summed E-state index contributed by atoms with van der Waals surface area (Å²) in [5, 5.41) is 14.8. The molecule has 1 atom stereocenters. The highest BCUT2D eigenvalue weighted by atomic mass is 16.3. The number of furan rings is 1. The Hall–Kier alpha value is -3.69. The molecule has 1 aromatic carbocycles. The number of amides is 3. The van der Waals surface area contributed by atoms with Crippen LogP contribution in [0.4, 0.5) is 4.79 Å². The number of carbonyl (C=O) groups is 2. The number of nitrogens with one attached hydrogen (secondary N) is 1. The van der Waals surface area contributed by atoms with Gasteiger partial charge < -0.3 is 19.5 Å². The molecule has 4 rings (SSSR count). The molecule has 1 unspecified atom stereocenters. The first kappa shape index (κ1) is 19.6. The van der Waals surface area contributed by atoms with E-state index in [0.29, 0.717) is 43.5 Å². The third kappa shape index (κ3) is 4.02. The molecule has 0 radical (unpaired) electrons. The average molecular weight is 409 g/mol. The van der Waals surface area contributed by atoms with Gasteiger partial charge in [0.1, 0.15) is 5.76 Å². The summed E-state index contributed by atoms with van der Waals surface area (Å²) in [5.74, 6) is 1.41. The van der Waals surface area contributed by atoms with Crippen molar-refractivity contribution in [3.05, 3.63) is 59.8 Å². The molecule has 1 saturated heterocycles. The zero-order chi connectivity index (χ0) is 21.1. The monoisotopic (exact) mass is 409 g/mol. The molecule has 10 heteroatoms. The van der Waals surface area contributed by atoms with E-state index in [9.17, 15) is 9.59 Å². The van der Waals surface area contributed by atoms with Crippen LogP contribution in [-0.4, -0.2) is 68.1 Å². The molecule has 1 N–H and O–H groups in total. The van der Waals surface area contributed by atoms with Gasteiger partial charge in [-0.05, 0) is 48.5 Å². The van der Waals surface area contributed by atoms with E-state index in [0.717, 1.165) is 5.69 Å². The predicted molar refractivity (Wildman–Crippen MR) is 107 cm³/mol. The molecule has 3 amide bonds. The number of urea groups is 1. The van der Waals surface area contributed by atoms with E-state index in [-0.39, 0.29) is 11.9 Å². The van der Waals surface area contributed by atoms with E-state index >= 15 is 0 Å². The SMILES string of the molecule is Cc1ccc(C(=O)N2CCN(C(=O)NC(C)c3nnnn3-c3ccccc3)CC2)o1. The highest BCUT2D eigenvalue weighted by molar-refractivity contribution is 5.91. The Labute approximate surface area is 173 Å². The molecule has 30 heavy (non-hydrogen) atoms. The third-order valence-electron chi connectivity index (χ3n) is 5.03. The first-order valence-electron chi connectivity index (χ1n) is 9.78. The molecule has 1 aliphatic heterocycles. The molecule has 0 spiro atoms.